The number of rotatable bonds is 4. The van der Waals surface area contributed by atoms with Crippen molar-refractivity contribution in [2.45, 2.75) is 6.54 Å². The summed E-state index contributed by atoms with van der Waals surface area (Å²) in [5.74, 6) is 0.648. The molecule has 2 heterocycles. The number of aryl methyl sites for hydroxylation is 1. The van der Waals surface area contributed by atoms with Gasteiger partial charge in [0.2, 0.25) is 0 Å². The van der Waals surface area contributed by atoms with Gasteiger partial charge in [0.05, 0.1) is 21.7 Å². The first-order valence-electron chi connectivity index (χ1n) is 6.75. The lowest BCUT2D eigenvalue weighted by molar-refractivity contribution is 0.0943. The van der Waals surface area contributed by atoms with Crippen LogP contribution >= 0.6 is 22.9 Å². The molecule has 2 aromatic heterocycles. The van der Waals surface area contributed by atoms with Crippen LogP contribution in [0.5, 0.6) is 5.75 Å². The van der Waals surface area contributed by atoms with Gasteiger partial charge in [-0.1, -0.05) is 29.8 Å². The Morgan fingerprint density at radius 3 is 2.86 bits per heavy atom. The van der Waals surface area contributed by atoms with Crippen molar-refractivity contribution in [2.24, 2.45) is 7.05 Å². The maximum Gasteiger partial charge on any atom is 0.268 e. The van der Waals surface area contributed by atoms with Crippen molar-refractivity contribution in [1.82, 2.24) is 9.88 Å². The van der Waals surface area contributed by atoms with Crippen molar-refractivity contribution in [3.63, 3.8) is 0 Å². The Hall–Kier alpha value is -1.98. The van der Waals surface area contributed by atoms with E-state index in [4.69, 9.17) is 16.3 Å². The average Bonchev–Trinajstić information content (AvgIpc) is 3.03. The lowest BCUT2D eigenvalue weighted by Crippen LogP contribution is -2.25. The van der Waals surface area contributed by atoms with Gasteiger partial charge in [-0.05, 0) is 18.2 Å². The van der Waals surface area contributed by atoms with E-state index in [0.717, 1.165) is 25.9 Å². The fourth-order valence-electron chi connectivity index (χ4n) is 2.41. The highest BCUT2D eigenvalue weighted by molar-refractivity contribution is 7.22. The highest BCUT2D eigenvalue weighted by atomic mass is 35.5. The van der Waals surface area contributed by atoms with Crippen LogP contribution < -0.4 is 10.1 Å². The van der Waals surface area contributed by atoms with E-state index >= 15 is 0 Å². The van der Waals surface area contributed by atoms with E-state index < -0.39 is 0 Å². The molecule has 0 saturated heterocycles. The number of fused-ring (bicyclic) bond motifs is 1. The molecule has 22 heavy (non-hydrogen) atoms. The number of carbonyl (C=O) groups is 1. The zero-order valence-corrected chi connectivity index (χ0v) is 13.8. The molecule has 3 aromatic rings. The van der Waals surface area contributed by atoms with Gasteiger partial charge in [0, 0.05) is 19.2 Å². The number of ether oxygens (including phenoxy) is 1. The van der Waals surface area contributed by atoms with Crippen LogP contribution in [0.3, 0.4) is 0 Å². The Bertz CT molecular complexity index is 838. The van der Waals surface area contributed by atoms with Crippen LogP contribution in [0.1, 0.15) is 16.1 Å². The Morgan fingerprint density at radius 2 is 2.14 bits per heavy atom. The monoisotopic (exact) mass is 334 g/mol. The predicted molar refractivity (Wildman–Crippen MR) is 90.0 cm³/mol. The van der Waals surface area contributed by atoms with E-state index in [0.29, 0.717) is 12.2 Å². The molecule has 1 N–H and O–H groups in total. The van der Waals surface area contributed by atoms with Gasteiger partial charge in [-0.15, -0.1) is 11.3 Å². The number of nitrogens with zero attached hydrogens (tertiary/aromatic N) is 1. The van der Waals surface area contributed by atoms with Crippen molar-refractivity contribution >= 4 is 39.1 Å². The Morgan fingerprint density at radius 1 is 1.36 bits per heavy atom. The van der Waals surface area contributed by atoms with E-state index in [-0.39, 0.29) is 5.91 Å². The number of para-hydroxylation sites is 1. The molecule has 1 aromatic carbocycles. The molecule has 0 radical (unpaired) electrons. The molecular weight excluding hydrogens is 320 g/mol. The molecule has 0 bridgehead atoms. The molecular formula is C16H15ClN2O2S. The molecule has 0 aliphatic rings. The largest absolute Gasteiger partial charge is 0.496 e. The zero-order chi connectivity index (χ0) is 15.7. The Balaban J connectivity index is 1.78. The van der Waals surface area contributed by atoms with Gasteiger partial charge in [0.15, 0.2) is 0 Å². The number of nitrogens with one attached hydrogen (secondary N) is 1. The summed E-state index contributed by atoms with van der Waals surface area (Å²) in [7, 11) is 3.49. The molecule has 6 heteroatoms. The van der Waals surface area contributed by atoms with Crippen molar-refractivity contribution in [3.8, 4) is 5.75 Å². The zero-order valence-electron chi connectivity index (χ0n) is 12.2. The molecule has 1 amide bonds. The third-order valence-electron chi connectivity index (χ3n) is 3.57. The van der Waals surface area contributed by atoms with E-state index in [9.17, 15) is 4.79 Å². The van der Waals surface area contributed by atoms with Gasteiger partial charge in [-0.25, -0.2) is 0 Å². The lowest BCUT2D eigenvalue weighted by Gasteiger charge is -2.10. The second-order valence-corrected chi connectivity index (χ2v) is 6.60. The van der Waals surface area contributed by atoms with Gasteiger partial charge < -0.3 is 14.6 Å². The van der Waals surface area contributed by atoms with Crippen LogP contribution in [0.4, 0.5) is 0 Å². The molecule has 0 unspecified atom stereocenters. The Labute approximate surface area is 137 Å². The third-order valence-corrected chi connectivity index (χ3v) is 4.77. The maximum absolute atomic E-state index is 12.4. The van der Waals surface area contributed by atoms with Gasteiger partial charge >= 0.3 is 0 Å². The van der Waals surface area contributed by atoms with Crippen molar-refractivity contribution in [3.05, 3.63) is 52.0 Å². The minimum Gasteiger partial charge on any atom is -0.496 e. The third kappa shape index (κ3) is 2.69. The summed E-state index contributed by atoms with van der Waals surface area (Å²) in [6, 6.07) is 11.4. The number of halogens is 1. The number of benzene rings is 1. The van der Waals surface area contributed by atoms with E-state index in [1.165, 1.54) is 11.3 Å². The lowest BCUT2D eigenvalue weighted by atomic mass is 10.2. The van der Waals surface area contributed by atoms with Crippen molar-refractivity contribution in [2.75, 3.05) is 7.11 Å². The number of thiophene rings is 1. The molecule has 0 aliphatic carbocycles. The van der Waals surface area contributed by atoms with Gasteiger partial charge in [0.1, 0.15) is 11.4 Å². The van der Waals surface area contributed by atoms with Crippen LogP contribution in [0.2, 0.25) is 4.34 Å². The first-order valence-corrected chi connectivity index (χ1v) is 7.94. The number of hydrogen-bond acceptors (Lipinski definition) is 3. The maximum atomic E-state index is 12.4. The first-order chi connectivity index (χ1) is 10.6. The summed E-state index contributed by atoms with van der Waals surface area (Å²) < 4.78 is 8.88. The summed E-state index contributed by atoms with van der Waals surface area (Å²) >= 11 is 7.46. The number of hydrogen-bond donors (Lipinski definition) is 1. The summed E-state index contributed by atoms with van der Waals surface area (Å²) in [6.07, 6.45) is 0. The molecule has 0 atom stereocenters. The molecule has 4 nitrogen and oxygen atoms in total. The molecule has 0 aliphatic heterocycles. The normalized spacial score (nSPS) is 10.9. The highest BCUT2D eigenvalue weighted by Crippen LogP contribution is 2.31. The number of amides is 1. The standard InChI is InChI=1S/C16H15ClN2O2S/c1-19-11-8-15(17)22-14(11)7-12(19)16(20)18-9-10-5-3-4-6-13(10)21-2/h3-8H,9H2,1-2H3,(H,18,20). The second-order valence-electron chi connectivity index (χ2n) is 4.88. The predicted octanol–water partition coefficient (Wildman–Crippen LogP) is 3.83. The van der Waals surface area contributed by atoms with E-state index in [1.54, 1.807) is 7.11 Å². The summed E-state index contributed by atoms with van der Waals surface area (Å²) in [5, 5.41) is 2.93. The number of methoxy groups -OCH3 is 1. The Kier molecular flexibility index (Phi) is 4.09. The van der Waals surface area contributed by atoms with Crippen LogP contribution in [0.15, 0.2) is 36.4 Å². The molecule has 0 fully saturated rings. The fraction of sp³-hybridized carbons (Fsp3) is 0.188. The topological polar surface area (TPSA) is 43.3 Å². The molecule has 114 valence electrons. The van der Waals surface area contributed by atoms with Crippen LogP contribution in [-0.4, -0.2) is 17.6 Å². The van der Waals surface area contributed by atoms with Crippen molar-refractivity contribution in [1.29, 1.82) is 0 Å². The summed E-state index contributed by atoms with van der Waals surface area (Å²) in [4.78, 5) is 12.4. The average molecular weight is 335 g/mol. The SMILES string of the molecule is COc1ccccc1CNC(=O)c1cc2sc(Cl)cc2n1C. The minimum absolute atomic E-state index is 0.118. The van der Waals surface area contributed by atoms with Crippen LogP contribution in [0, 0.1) is 0 Å². The first kappa shape index (κ1) is 14.9. The van der Waals surface area contributed by atoms with Gasteiger partial charge in [-0.3, -0.25) is 4.79 Å². The van der Waals surface area contributed by atoms with Crippen LogP contribution in [0.25, 0.3) is 10.2 Å². The summed E-state index contributed by atoms with van der Waals surface area (Å²) in [5.41, 5.74) is 2.53. The minimum atomic E-state index is -0.118. The van der Waals surface area contributed by atoms with E-state index in [1.807, 2.05) is 48.0 Å². The molecule has 0 saturated carbocycles. The van der Waals surface area contributed by atoms with Crippen molar-refractivity contribution < 1.29 is 9.53 Å². The fourth-order valence-corrected chi connectivity index (χ4v) is 3.62. The van der Waals surface area contributed by atoms with Crippen LogP contribution in [-0.2, 0) is 13.6 Å². The van der Waals surface area contributed by atoms with Gasteiger partial charge in [0.25, 0.3) is 5.91 Å². The smallest absolute Gasteiger partial charge is 0.268 e. The number of carbonyl (C=O) groups excluding carboxylic acids is 1. The quantitative estimate of drug-likeness (QED) is 0.788. The summed E-state index contributed by atoms with van der Waals surface area (Å²) in [6.45, 7) is 0.419. The van der Waals surface area contributed by atoms with E-state index in [2.05, 4.69) is 5.32 Å². The number of aromatic nitrogens is 1. The second kappa shape index (κ2) is 6.02. The van der Waals surface area contributed by atoms with Gasteiger partial charge in [-0.2, -0.15) is 0 Å². The molecule has 3 rings (SSSR count). The molecule has 0 spiro atoms. The highest BCUT2D eigenvalue weighted by Gasteiger charge is 2.15.